The van der Waals surface area contributed by atoms with Crippen molar-refractivity contribution in [2.75, 3.05) is 26.2 Å². The third kappa shape index (κ3) is 2.61. The van der Waals surface area contributed by atoms with Crippen molar-refractivity contribution in [1.29, 1.82) is 0 Å². The van der Waals surface area contributed by atoms with E-state index in [1.54, 1.807) is 4.90 Å². The van der Waals surface area contributed by atoms with E-state index in [1.165, 1.54) is 0 Å². The number of azide groups is 1. The Hall–Kier alpha value is -1.26. The summed E-state index contributed by atoms with van der Waals surface area (Å²) in [7, 11) is 0. The SMILES string of the molecule is CC1(C)CN(C(=O)CN=[N+]=[N-])C[C@H]1CO. The number of rotatable bonds is 3. The molecule has 0 aromatic heterocycles. The van der Waals surface area contributed by atoms with Crippen LogP contribution in [0.4, 0.5) is 0 Å². The van der Waals surface area contributed by atoms with Crippen molar-refractivity contribution in [3.8, 4) is 0 Å². The number of carbonyl (C=O) groups is 1. The molecule has 1 saturated heterocycles. The summed E-state index contributed by atoms with van der Waals surface area (Å²) in [4.78, 5) is 15.7. The van der Waals surface area contributed by atoms with Gasteiger partial charge in [0.05, 0.1) is 0 Å². The van der Waals surface area contributed by atoms with Crippen LogP contribution in [-0.2, 0) is 4.79 Å². The summed E-state index contributed by atoms with van der Waals surface area (Å²) < 4.78 is 0. The molecular weight excluding hydrogens is 196 g/mol. The lowest BCUT2D eigenvalue weighted by molar-refractivity contribution is -0.129. The van der Waals surface area contributed by atoms with E-state index in [0.29, 0.717) is 13.1 Å². The number of hydrogen-bond donors (Lipinski definition) is 1. The third-order valence-electron chi connectivity index (χ3n) is 2.99. The number of carbonyl (C=O) groups excluding carboxylic acids is 1. The van der Waals surface area contributed by atoms with Crippen LogP contribution in [0.1, 0.15) is 13.8 Å². The summed E-state index contributed by atoms with van der Waals surface area (Å²) in [5, 5.41) is 12.4. The Morgan fingerprint density at radius 3 is 2.87 bits per heavy atom. The molecule has 0 unspecified atom stereocenters. The van der Waals surface area contributed by atoms with Crippen LogP contribution in [-0.4, -0.2) is 42.2 Å². The number of likely N-dealkylation sites (tertiary alicyclic amines) is 1. The quantitative estimate of drug-likeness (QED) is 0.425. The van der Waals surface area contributed by atoms with Crippen LogP contribution < -0.4 is 0 Å². The molecule has 0 saturated carbocycles. The van der Waals surface area contributed by atoms with Gasteiger partial charge < -0.3 is 10.0 Å². The van der Waals surface area contributed by atoms with Gasteiger partial charge in [-0.25, -0.2) is 0 Å². The largest absolute Gasteiger partial charge is 0.396 e. The molecule has 0 aliphatic carbocycles. The Morgan fingerprint density at radius 1 is 1.73 bits per heavy atom. The highest BCUT2D eigenvalue weighted by Gasteiger charge is 2.40. The van der Waals surface area contributed by atoms with Crippen molar-refractivity contribution in [3.63, 3.8) is 0 Å². The first-order chi connectivity index (χ1) is 7.01. The average Bonchev–Trinajstić information content (AvgIpc) is 2.50. The maximum atomic E-state index is 11.5. The molecule has 15 heavy (non-hydrogen) atoms. The Morgan fingerprint density at radius 2 is 2.40 bits per heavy atom. The minimum atomic E-state index is -0.170. The normalized spacial score (nSPS) is 23.7. The van der Waals surface area contributed by atoms with Gasteiger partial charge in [-0.15, -0.1) is 0 Å². The fraction of sp³-hybridized carbons (Fsp3) is 0.889. The van der Waals surface area contributed by atoms with Crippen LogP contribution in [0.3, 0.4) is 0 Å². The fourth-order valence-corrected chi connectivity index (χ4v) is 1.89. The predicted octanol–water partition coefficient (Wildman–Crippen LogP) is 0.774. The van der Waals surface area contributed by atoms with E-state index in [0.717, 1.165) is 0 Å². The van der Waals surface area contributed by atoms with Crippen LogP contribution in [0, 0.1) is 11.3 Å². The van der Waals surface area contributed by atoms with E-state index in [-0.39, 0.29) is 30.4 Å². The Kier molecular flexibility index (Phi) is 3.55. The van der Waals surface area contributed by atoms with Gasteiger partial charge >= 0.3 is 0 Å². The molecule has 1 amide bonds. The Labute approximate surface area is 88.5 Å². The lowest BCUT2D eigenvalue weighted by Crippen LogP contribution is -2.31. The van der Waals surface area contributed by atoms with Crippen molar-refractivity contribution >= 4 is 5.91 Å². The highest BCUT2D eigenvalue weighted by Crippen LogP contribution is 2.34. The van der Waals surface area contributed by atoms with Crippen LogP contribution in [0.2, 0.25) is 0 Å². The molecule has 0 bridgehead atoms. The summed E-state index contributed by atoms with van der Waals surface area (Å²) in [5.41, 5.74) is 8.04. The van der Waals surface area contributed by atoms with Crippen molar-refractivity contribution in [2.24, 2.45) is 16.4 Å². The molecule has 0 aromatic rings. The Bertz CT molecular complexity index is 296. The molecule has 0 radical (unpaired) electrons. The minimum Gasteiger partial charge on any atom is -0.396 e. The summed E-state index contributed by atoms with van der Waals surface area (Å²) >= 11 is 0. The molecule has 0 aromatic carbocycles. The second-order valence-corrected chi connectivity index (χ2v) is 4.53. The summed E-state index contributed by atoms with van der Waals surface area (Å²) in [5.74, 6) is -0.0654. The van der Waals surface area contributed by atoms with Crippen molar-refractivity contribution in [3.05, 3.63) is 10.4 Å². The zero-order valence-electron chi connectivity index (χ0n) is 9.05. The van der Waals surface area contributed by atoms with Gasteiger partial charge in [0, 0.05) is 30.5 Å². The number of nitrogens with zero attached hydrogens (tertiary/aromatic N) is 4. The van der Waals surface area contributed by atoms with Crippen LogP contribution in [0.5, 0.6) is 0 Å². The van der Waals surface area contributed by atoms with Gasteiger partial charge in [-0.05, 0) is 10.9 Å². The maximum absolute atomic E-state index is 11.5. The van der Waals surface area contributed by atoms with E-state index in [2.05, 4.69) is 10.0 Å². The fourth-order valence-electron chi connectivity index (χ4n) is 1.89. The second-order valence-electron chi connectivity index (χ2n) is 4.53. The van der Waals surface area contributed by atoms with E-state index < -0.39 is 0 Å². The minimum absolute atomic E-state index is 0.0687. The van der Waals surface area contributed by atoms with E-state index in [1.807, 2.05) is 13.8 Å². The highest BCUT2D eigenvalue weighted by molar-refractivity contribution is 5.78. The molecular formula is C9H16N4O2. The first-order valence-corrected chi connectivity index (χ1v) is 4.90. The second kappa shape index (κ2) is 4.51. The van der Waals surface area contributed by atoms with Gasteiger partial charge in [-0.1, -0.05) is 19.0 Å². The van der Waals surface area contributed by atoms with Crippen LogP contribution in [0.25, 0.3) is 10.4 Å². The standard InChI is InChI=1S/C9H16N4O2/c1-9(2)6-13(4-7(9)5-14)8(15)3-11-12-10/h7,14H,3-6H2,1-2H3/t7-/m0/s1. The van der Waals surface area contributed by atoms with Crippen molar-refractivity contribution < 1.29 is 9.90 Å². The Balaban J connectivity index is 2.61. The van der Waals surface area contributed by atoms with E-state index in [4.69, 9.17) is 10.6 Å². The van der Waals surface area contributed by atoms with Crippen LogP contribution in [0.15, 0.2) is 5.11 Å². The van der Waals surface area contributed by atoms with E-state index >= 15 is 0 Å². The molecule has 1 fully saturated rings. The zero-order valence-corrected chi connectivity index (χ0v) is 9.05. The van der Waals surface area contributed by atoms with Crippen molar-refractivity contribution in [1.82, 2.24) is 4.90 Å². The zero-order chi connectivity index (χ0) is 11.5. The first kappa shape index (κ1) is 11.8. The van der Waals surface area contributed by atoms with Gasteiger partial charge in [0.2, 0.25) is 5.91 Å². The molecule has 84 valence electrons. The smallest absolute Gasteiger partial charge is 0.228 e. The molecule has 0 spiro atoms. The molecule has 1 aliphatic heterocycles. The van der Waals surface area contributed by atoms with Gasteiger partial charge in [-0.3, -0.25) is 4.79 Å². The lowest BCUT2D eigenvalue weighted by atomic mass is 9.83. The molecule has 1 rings (SSSR count). The summed E-state index contributed by atoms with van der Waals surface area (Å²) in [6, 6.07) is 0. The topological polar surface area (TPSA) is 89.3 Å². The number of aliphatic hydroxyl groups excluding tert-OH is 1. The summed E-state index contributed by atoms with van der Waals surface area (Å²) in [6.07, 6.45) is 0. The first-order valence-electron chi connectivity index (χ1n) is 4.90. The van der Waals surface area contributed by atoms with Gasteiger partial charge in [0.15, 0.2) is 0 Å². The summed E-state index contributed by atoms with van der Waals surface area (Å²) in [6.45, 7) is 5.15. The maximum Gasteiger partial charge on any atom is 0.228 e. The van der Waals surface area contributed by atoms with Crippen LogP contribution >= 0.6 is 0 Å². The highest BCUT2D eigenvalue weighted by atomic mass is 16.3. The van der Waals surface area contributed by atoms with E-state index in [9.17, 15) is 4.79 Å². The molecule has 1 aliphatic rings. The van der Waals surface area contributed by atoms with Gasteiger partial charge in [-0.2, -0.15) is 0 Å². The lowest BCUT2D eigenvalue weighted by Gasteiger charge is -2.23. The predicted molar refractivity (Wildman–Crippen MR) is 54.9 cm³/mol. The molecule has 1 N–H and O–H groups in total. The molecule has 1 atom stereocenters. The molecule has 6 nitrogen and oxygen atoms in total. The van der Waals surface area contributed by atoms with Gasteiger partial charge in [0.1, 0.15) is 6.54 Å². The van der Waals surface area contributed by atoms with Crippen molar-refractivity contribution in [2.45, 2.75) is 13.8 Å². The molecule has 1 heterocycles. The molecule has 6 heteroatoms. The third-order valence-corrected chi connectivity index (χ3v) is 2.99. The van der Waals surface area contributed by atoms with Gasteiger partial charge in [0.25, 0.3) is 0 Å². The number of hydrogen-bond acceptors (Lipinski definition) is 3. The number of aliphatic hydroxyl groups is 1. The monoisotopic (exact) mass is 212 g/mol. The number of amides is 1. The average molecular weight is 212 g/mol.